The van der Waals surface area contributed by atoms with Crippen LogP contribution in [0.15, 0.2) is 0 Å². The number of anilines is 1. The van der Waals surface area contributed by atoms with E-state index in [2.05, 4.69) is 67.5 Å². The second-order valence-electron chi connectivity index (χ2n) is 5.41. The van der Waals surface area contributed by atoms with Crippen molar-refractivity contribution in [3.05, 3.63) is 15.1 Å². The van der Waals surface area contributed by atoms with Gasteiger partial charge in [0.2, 0.25) is 0 Å². The third kappa shape index (κ3) is 5.76. The molecule has 1 unspecified atom stereocenters. The van der Waals surface area contributed by atoms with Gasteiger partial charge in [0.05, 0.1) is 15.0 Å². The maximum Gasteiger partial charge on any atom is 0.143 e. The Bertz CT molecular complexity index is 424. The second-order valence-corrected chi connectivity index (χ2v) is 7.91. The van der Waals surface area contributed by atoms with Crippen molar-refractivity contribution in [3.8, 4) is 0 Å². The van der Waals surface area contributed by atoms with Gasteiger partial charge in [-0.25, -0.2) is 9.97 Å². The molecule has 0 spiro atoms. The van der Waals surface area contributed by atoms with Crippen LogP contribution in [0.25, 0.3) is 0 Å². The monoisotopic (exact) mass is 407 g/mol. The molecule has 114 valence electrons. The Labute approximate surface area is 141 Å². The van der Waals surface area contributed by atoms with Crippen LogP contribution in [0.2, 0.25) is 0 Å². The molecule has 3 nitrogen and oxygen atoms in total. The lowest BCUT2D eigenvalue weighted by molar-refractivity contribution is 0.629. The highest BCUT2D eigenvalue weighted by Crippen LogP contribution is 2.24. The van der Waals surface area contributed by atoms with Gasteiger partial charge in [0, 0.05) is 11.8 Å². The van der Waals surface area contributed by atoms with Crippen LogP contribution in [0.1, 0.15) is 52.6 Å². The minimum absolute atomic E-state index is 0.614. The maximum absolute atomic E-state index is 4.78. The Morgan fingerprint density at radius 2 is 1.90 bits per heavy atom. The summed E-state index contributed by atoms with van der Waals surface area (Å²) in [5, 5.41) is 4.02. The second kappa shape index (κ2) is 9.07. The molecule has 20 heavy (non-hydrogen) atoms. The zero-order chi connectivity index (χ0) is 15.1. The highest BCUT2D eigenvalue weighted by Gasteiger charge is 2.13. The van der Waals surface area contributed by atoms with E-state index in [1.54, 1.807) is 0 Å². The number of hydrogen-bond acceptors (Lipinski definition) is 4. The predicted molar refractivity (Wildman–Crippen MR) is 98.5 cm³/mol. The number of rotatable bonds is 8. The van der Waals surface area contributed by atoms with E-state index in [-0.39, 0.29) is 0 Å². The lowest BCUT2D eigenvalue weighted by Gasteiger charge is -2.14. The maximum atomic E-state index is 4.78. The molecule has 0 aliphatic rings. The summed E-state index contributed by atoms with van der Waals surface area (Å²) < 4.78 is 1.18. The molecule has 0 saturated carbocycles. The molecule has 0 aliphatic heterocycles. The number of aromatic nitrogens is 2. The van der Waals surface area contributed by atoms with Gasteiger partial charge in [-0.3, -0.25) is 0 Å². The van der Waals surface area contributed by atoms with Crippen molar-refractivity contribution in [1.29, 1.82) is 0 Å². The van der Waals surface area contributed by atoms with Gasteiger partial charge >= 0.3 is 0 Å². The van der Waals surface area contributed by atoms with Gasteiger partial charge in [0.15, 0.2) is 0 Å². The van der Waals surface area contributed by atoms with Crippen LogP contribution in [-0.2, 0) is 12.2 Å². The zero-order valence-electron chi connectivity index (χ0n) is 13.2. The molecule has 0 aliphatic carbocycles. The standard InChI is InChI=1S/C15H26IN3S/c1-6-11(5)20-9-13-18-12(8-10(3)4)14(16)15(19-13)17-7-2/h10-11H,6-9H2,1-5H3,(H,17,18,19). The van der Waals surface area contributed by atoms with E-state index in [0.717, 1.165) is 30.4 Å². The fraction of sp³-hybridized carbons (Fsp3) is 0.733. The van der Waals surface area contributed by atoms with Crippen molar-refractivity contribution in [2.24, 2.45) is 5.92 Å². The van der Waals surface area contributed by atoms with Crippen molar-refractivity contribution in [1.82, 2.24) is 9.97 Å². The average molecular weight is 407 g/mol. The van der Waals surface area contributed by atoms with E-state index in [1.807, 2.05) is 11.8 Å². The Kier molecular flexibility index (Phi) is 8.17. The van der Waals surface area contributed by atoms with E-state index >= 15 is 0 Å². The van der Waals surface area contributed by atoms with Crippen LogP contribution in [0.4, 0.5) is 5.82 Å². The van der Waals surface area contributed by atoms with Crippen molar-refractivity contribution >= 4 is 40.2 Å². The van der Waals surface area contributed by atoms with E-state index in [0.29, 0.717) is 11.2 Å². The van der Waals surface area contributed by atoms with Gasteiger partial charge in [0.1, 0.15) is 11.6 Å². The van der Waals surface area contributed by atoms with Crippen molar-refractivity contribution in [2.75, 3.05) is 11.9 Å². The van der Waals surface area contributed by atoms with E-state index < -0.39 is 0 Å². The number of thioether (sulfide) groups is 1. The van der Waals surface area contributed by atoms with Crippen molar-refractivity contribution < 1.29 is 0 Å². The summed E-state index contributed by atoms with van der Waals surface area (Å²) in [4.78, 5) is 9.47. The largest absolute Gasteiger partial charge is 0.369 e. The first kappa shape index (κ1) is 18.0. The smallest absolute Gasteiger partial charge is 0.143 e. The number of hydrogen-bond donors (Lipinski definition) is 1. The van der Waals surface area contributed by atoms with Crippen LogP contribution in [-0.4, -0.2) is 21.8 Å². The van der Waals surface area contributed by atoms with Crippen molar-refractivity contribution in [3.63, 3.8) is 0 Å². The first-order valence-corrected chi connectivity index (χ1v) is 9.51. The van der Waals surface area contributed by atoms with Gasteiger partial charge in [-0.05, 0) is 48.3 Å². The topological polar surface area (TPSA) is 37.8 Å². The summed E-state index contributed by atoms with van der Waals surface area (Å²) in [6, 6.07) is 0. The number of nitrogens with zero attached hydrogens (tertiary/aromatic N) is 2. The molecule has 1 heterocycles. The fourth-order valence-corrected chi connectivity index (χ4v) is 3.20. The average Bonchev–Trinajstić information content (AvgIpc) is 2.40. The zero-order valence-corrected chi connectivity index (χ0v) is 16.1. The molecular formula is C15H26IN3S. The first-order chi connectivity index (χ1) is 9.47. The first-order valence-electron chi connectivity index (χ1n) is 7.38. The van der Waals surface area contributed by atoms with Gasteiger partial charge in [-0.1, -0.05) is 27.7 Å². The summed E-state index contributed by atoms with van der Waals surface area (Å²) in [7, 11) is 0. The third-order valence-electron chi connectivity index (χ3n) is 2.98. The van der Waals surface area contributed by atoms with Gasteiger partial charge < -0.3 is 5.32 Å². The Morgan fingerprint density at radius 3 is 2.45 bits per heavy atom. The van der Waals surface area contributed by atoms with Gasteiger partial charge in [-0.2, -0.15) is 11.8 Å². The normalized spacial score (nSPS) is 12.8. The number of halogens is 1. The molecule has 0 fully saturated rings. The summed E-state index contributed by atoms with van der Waals surface area (Å²) in [6.07, 6.45) is 2.20. The predicted octanol–water partition coefficient (Wildman–Crippen LogP) is 4.74. The molecule has 5 heteroatoms. The van der Waals surface area contributed by atoms with Crippen LogP contribution >= 0.6 is 34.4 Å². The Hall–Kier alpha value is -0.0400. The van der Waals surface area contributed by atoms with Crippen LogP contribution in [0, 0.1) is 9.49 Å². The van der Waals surface area contributed by atoms with E-state index in [4.69, 9.17) is 4.98 Å². The lowest BCUT2D eigenvalue weighted by atomic mass is 10.1. The summed E-state index contributed by atoms with van der Waals surface area (Å²) in [5.74, 6) is 3.47. The molecule has 0 aromatic carbocycles. The van der Waals surface area contributed by atoms with Crippen LogP contribution in [0.3, 0.4) is 0 Å². The van der Waals surface area contributed by atoms with Gasteiger partial charge in [0.25, 0.3) is 0 Å². The molecule has 1 aromatic heterocycles. The molecule has 1 aromatic rings. The van der Waals surface area contributed by atoms with Crippen molar-refractivity contribution in [2.45, 2.75) is 58.5 Å². The minimum atomic E-state index is 0.614. The summed E-state index contributed by atoms with van der Waals surface area (Å²) >= 11 is 4.30. The number of nitrogens with one attached hydrogen (secondary N) is 1. The molecule has 1 rings (SSSR count). The van der Waals surface area contributed by atoms with E-state index in [1.165, 1.54) is 15.7 Å². The molecule has 0 radical (unpaired) electrons. The molecule has 1 atom stereocenters. The molecule has 0 saturated heterocycles. The van der Waals surface area contributed by atoms with Crippen LogP contribution in [0.5, 0.6) is 0 Å². The fourth-order valence-electron chi connectivity index (χ4n) is 1.75. The highest BCUT2D eigenvalue weighted by atomic mass is 127. The third-order valence-corrected chi connectivity index (χ3v) is 5.44. The molecule has 0 bridgehead atoms. The quantitative estimate of drug-likeness (QED) is 0.632. The minimum Gasteiger partial charge on any atom is -0.369 e. The van der Waals surface area contributed by atoms with Crippen LogP contribution < -0.4 is 5.32 Å². The SMILES string of the molecule is CCNc1nc(CSC(C)CC)nc(CC(C)C)c1I. The molecule has 0 amide bonds. The molecule has 1 N–H and O–H groups in total. The van der Waals surface area contributed by atoms with E-state index in [9.17, 15) is 0 Å². The lowest BCUT2D eigenvalue weighted by Crippen LogP contribution is -2.11. The summed E-state index contributed by atoms with van der Waals surface area (Å²) in [5.41, 5.74) is 1.19. The highest BCUT2D eigenvalue weighted by molar-refractivity contribution is 14.1. The molecular weight excluding hydrogens is 381 g/mol. The Morgan fingerprint density at radius 1 is 1.20 bits per heavy atom. The van der Waals surface area contributed by atoms with Gasteiger partial charge in [-0.15, -0.1) is 0 Å². The Balaban J connectivity index is 2.95. The summed E-state index contributed by atoms with van der Waals surface area (Å²) in [6.45, 7) is 12.0.